The number of hydrogen-bond acceptors (Lipinski definition) is 5. The number of aromatic nitrogens is 2. The molecule has 4 rings (SSSR count). The molecule has 7 heteroatoms. The molecule has 0 saturated heterocycles. The lowest BCUT2D eigenvalue weighted by Gasteiger charge is -2.23. The highest BCUT2D eigenvalue weighted by molar-refractivity contribution is 9.10. The van der Waals surface area contributed by atoms with Gasteiger partial charge in [-0.2, -0.15) is 9.78 Å². The van der Waals surface area contributed by atoms with Crippen molar-refractivity contribution in [3.05, 3.63) is 62.6 Å². The Labute approximate surface area is 202 Å². The van der Waals surface area contributed by atoms with Crippen molar-refractivity contribution in [2.45, 2.75) is 64.4 Å². The van der Waals surface area contributed by atoms with Crippen molar-refractivity contribution in [1.82, 2.24) is 9.66 Å². The van der Waals surface area contributed by atoms with Gasteiger partial charge in [0.2, 0.25) is 0 Å². The minimum atomic E-state index is -0.149. The zero-order valence-corrected chi connectivity index (χ0v) is 21.0. The van der Waals surface area contributed by atoms with E-state index in [1.165, 1.54) is 11.1 Å². The standard InChI is InChI=1S/C26H30BrN3O3/c1-4-17(2)33-24-19(14-20(27)15-23(24)32-3)16-28-30-25(18-10-6-5-7-11-18)29-22-13-9-8-12-21(22)26(30)31/h8-9,12-18H,4-7,10-11H2,1-3H3/t17-/m1/s1. The summed E-state index contributed by atoms with van der Waals surface area (Å²) >= 11 is 3.54. The van der Waals surface area contributed by atoms with E-state index < -0.39 is 0 Å². The van der Waals surface area contributed by atoms with Crippen LogP contribution in [0.4, 0.5) is 0 Å². The van der Waals surface area contributed by atoms with Crippen LogP contribution < -0.4 is 15.0 Å². The van der Waals surface area contributed by atoms with E-state index in [2.05, 4.69) is 28.0 Å². The first-order valence-corrected chi connectivity index (χ1v) is 12.4. The first-order chi connectivity index (χ1) is 16.0. The Morgan fingerprint density at radius 2 is 2.00 bits per heavy atom. The van der Waals surface area contributed by atoms with Gasteiger partial charge in [-0.1, -0.05) is 54.2 Å². The average molecular weight is 512 g/mol. The van der Waals surface area contributed by atoms with Crippen molar-refractivity contribution in [3.63, 3.8) is 0 Å². The molecule has 0 N–H and O–H groups in total. The Kier molecular flexibility index (Phi) is 7.48. The lowest BCUT2D eigenvalue weighted by molar-refractivity contribution is 0.207. The minimum Gasteiger partial charge on any atom is -0.493 e. The monoisotopic (exact) mass is 511 g/mol. The molecule has 1 aliphatic carbocycles. The molecule has 0 spiro atoms. The second kappa shape index (κ2) is 10.5. The molecule has 0 bridgehead atoms. The Morgan fingerprint density at radius 3 is 2.73 bits per heavy atom. The number of rotatable bonds is 7. The lowest BCUT2D eigenvalue weighted by Crippen LogP contribution is -2.25. The summed E-state index contributed by atoms with van der Waals surface area (Å²) in [6, 6.07) is 11.3. The average Bonchev–Trinajstić information content (AvgIpc) is 2.84. The highest BCUT2D eigenvalue weighted by Crippen LogP contribution is 2.35. The highest BCUT2D eigenvalue weighted by atomic mass is 79.9. The third-order valence-electron chi connectivity index (χ3n) is 6.22. The summed E-state index contributed by atoms with van der Waals surface area (Å²) in [6.45, 7) is 4.09. The molecule has 0 radical (unpaired) electrons. The van der Waals surface area contributed by atoms with Gasteiger partial charge in [0.15, 0.2) is 11.5 Å². The molecule has 1 fully saturated rings. The predicted octanol–water partition coefficient (Wildman–Crippen LogP) is 6.27. The molecule has 1 aliphatic rings. The van der Waals surface area contributed by atoms with Gasteiger partial charge in [-0.25, -0.2) is 4.98 Å². The fourth-order valence-corrected chi connectivity index (χ4v) is 4.70. The molecular weight excluding hydrogens is 482 g/mol. The second-order valence-corrected chi connectivity index (χ2v) is 9.46. The van der Waals surface area contributed by atoms with E-state index in [9.17, 15) is 4.79 Å². The fraction of sp³-hybridized carbons (Fsp3) is 0.423. The maximum atomic E-state index is 13.5. The van der Waals surface area contributed by atoms with E-state index in [1.54, 1.807) is 19.4 Å². The molecule has 174 valence electrons. The predicted molar refractivity (Wildman–Crippen MR) is 136 cm³/mol. The summed E-state index contributed by atoms with van der Waals surface area (Å²) in [5.41, 5.74) is 1.30. The van der Waals surface area contributed by atoms with Crippen LogP contribution in [-0.2, 0) is 0 Å². The zero-order valence-electron chi connectivity index (χ0n) is 19.4. The zero-order chi connectivity index (χ0) is 23.4. The number of fused-ring (bicyclic) bond motifs is 1. The van der Waals surface area contributed by atoms with Gasteiger partial charge in [0.25, 0.3) is 5.56 Å². The number of ether oxygens (including phenoxy) is 2. The van der Waals surface area contributed by atoms with Gasteiger partial charge >= 0.3 is 0 Å². The molecule has 6 nitrogen and oxygen atoms in total. The summed E-state index contributed by atoms with van der Waals surface area (Å²) in [7, 11) is 1.62. The fourth-order valence-electron chi connectivity index (χ4n) is 4.24. The third kappa shape index (κ3) is 5.13. The smallest absolute Gasteiger partial charge is 0.282 e. The first kappa shape index (κ1) is 23.5. The van der Waals surface area contributed by atoms with Gasteiger partial charge < -0.3 is 9.47 Å². The van der Waals surface area contributed by atoms with E-state index >= 15 is 0 Å². The molecule has 1 aromatic heterocycles. The minimum absolute atomic E-state index is 0.00934. The summed E-state index contributed by atoms with van der Waals surface area (Å²) in [5, 5.41) is 5.24. The van der Waals surface area contributed by atoms with E-state index in [0.717, 1.165) is 53.5 Å². The van der Waals surface area contributed by atoms with Crippen molar-refractivity contribution in [3.8, 4) is 11.5 Å². The Hall–Kier alpha value is -2.67. The molecule has 0 aliphatic heterocycles. The van der Waals surface area contributed by atoms with Crippen LogP contribution in [0, 0.1) is 0 Å². The summed E-state index contributed by atoms with van der Waals surface area (Å²) in [5.74, 6) is 2.18. The molecule has 3 aromatic rings. The Bertz CT molecular complexity index is 1220. The normalized spacial score (nSPS) is 15.8. The van der Waals surface area contributed by atoms with E-state index in [0.29, 0.717) is 16.9 Å². The van der Waals surface area contributed by atoms with Crippen LogP contribution >= 0.6 is 15.9 Å². The Balaban J connectivity index is 1.85. The van der Waals surface area contributed by atoms with Gasteiger partial charge in [-0.05, 0) is 50.5 Å². The number of benzene rings is 2. The Morgan fingerprint density at radius 1 is 1.24 bits per heavy atom. The van der Waals surface area contributed by atoms with E-state index in [-0.39, 0.29) is 17.6 Å². The summed E-state index contributed by atoms with van der Waals surface area (Å²) < 4.78 is 14.1. The maximum absolute atomic E-state index is 13.5. The van der Waals surface area contributed by atoms with Crippen molar-refractivity contribution in [2.75, 3.05) is 7.11 Å². The number of halogens is 1. The van der Waals surface area contributed by atoms with Crippen molar-refractivity contribution in [2.24, 2.45) is 5.10 Å². The molecule has 33 heavy (non-hydrogen) atoms. The molecule has 0 unspecified atom stereocenters. The van der Waals surface area contributed by atoms with Crippen LogP contribution in [0.2, 0.25) is 0 Å². The number of methoxy groups -OCH3 is 1. The van der Waals surface area contributed by atoms with Crippen molar-refractivity contribution in [1.29, 1.82) is 0 Å². The lowest BCUT2D eigenvalue weighted by atomic mass is 9.88. The SMILES string of the molecule is CC[C@@H](C)Oc1c(C=Nn2c(C3CCCCC3)nc3ccccc3c2=O)cc(Br)cc1OC. The number of nitrogens with zero attached hydrogens (tertiary/aromatic N) is 3. The van der Waals surface area contributed by atoms with E-state index in [1.807, 2.05) is 37.3 Å². The molecule has 0 amide bonds. The second-order valence-electron chi connectivity index (χ2n) is 8.55. The molecular formula is C26H30BrN3O3. The molecule has 1 heterocycles. The van der Waals surface area contributed by atoms with Gasteiger partial charge in [0, 0.05) is 16.0 Å². The molecule has 1 atom stereocenters. The van der Waals surface area contributed by atoms with Crippen LogP contribution in [0.5, 0.6) is 11.5 Å². The quantitative estimate of drug-likeness (QED) is 0.350. The van der Waals surface area contributed by atoms with Crippen LogP contribution in [0.3, 0.4) is 0 Å². The van der Waals surface area contributed by atoms with Gasteiger partial charge in [-0.3, -0.25) is 4.79 Å². The van der Waals surface area contributed by atoms with Crippen LogP contribution in [0.25, 0.3) is 10.9 Å². The summed E-state index contributed by atoms with van der Waals surface area (Å²) in [4.78, 5) is 18.3. The highest BCUT2D eigenvalue weighted by Gasteiger charge is 2.22. The molecule has 2 aromatic carbocycles. The van der Waals surface area contributed by atoms with Gasteiger partial charge in [-0.15, -0.1) is 0 Å². The largest absolute Gasteiger partial charge is 0.493 e. The van der Waals surface area contributed by atoms with Crippen LogP contribution in [0.1, 0.15) is 69.7 Å². The first-order valence-electron chi connectivity index (χ1n) is 11.6. The van der Waals surface area contributed by atoms with Gasteiger partial charge in [0.05, 0.1) is 30.3 Å². The van der Waals surface area contributed by atoms with Crippen molar-refractivity contribution >= 4 is 33.0 Å². The molecule has 1 saturated carbocycles. The van der Waals surface area contributed by atoms with Crippen molar-refractivity contribution < 1.29 is 9.47 Å². The van der Waals surface area contributed by atoms with Crippen LogP contribution in [0.15, 0.2) is 50.8 Å². The van der Waals surface area contributed by atoms with E-state index in [4.69, 9.17) is 14.5 Å². The topological polar surface area (TPSA) is 65.7 Å². The third-order valence-corrected chi connectivity index (χ3v) is 6.68. The maximum Gasteiger partial charge on any atom is 0.282 e. The van der Waals surface area contributed by atoms with Crippen LogP contribution in [-0.4, -0.2) is 29.1 Å². The summed E-state index contributed by atoms with van der Waals surface area (Å²) in [6.07, 6.45) is 8.10. The number of hydrogen-bond donors (Lipinski definition) is 0. The number of para-hydroxylation sites is 1. The van der Waals surface area contributed by atoms with Gasteiger partial charge in [0.1, 0.15) is 5.82 Å².